The van der Waals surface area contributed by atoms with Crippen molar-refractivity contribution in [3.05, 3.63) is 59.2 Å². The molecule has 26 heavy (non-hydrogen) atoms. The van der Waals surface area contributed by atoms with E-state index in [2.05, 4.69) is 30.4 Å². The van der Waals surface area contributed by atoms with Crippen LogP contribution in [-0.2, 0) is 16.0 Å². The molecule has 1 amide bonds. The first-order valence-corrected chi connectivity index (χ1v) is 9.30. The van der Waals surface area contributed by atoms with Crippen molar-refractivity contribution >= 4 is 11.6 Å². The van der Waals surface area contributed by atoms with Gasteiger partial charge in [-0.05, 0) is 56.4 Å². The van der Waals surface area contributed by atoms with Gasteiger partial charge < -0.3 is 14.8 Å². The van der Waals surface area contributed by atoms with Crippen LogP contribution < -0.4 is 10.1 Å². The van der Waals surface area contributed by atoms with Crippen molar-refractivity contribution in [2.24, 2.45) is 0 Å². The van der Waals surface area contributed by atoms with Gasteiger partial charge >= 0.3 is 0 Å². The summed E-state index contributed by atoms with van der Waals surface area (Å²) in [5, 5.41) is 2.99. The minimum Gasteiger partial charge on any atom is -0.489 e. The SMILES string of the molecule is Cc1cccc(CCC(=O)Nc2ccc(C)cc2OCC2CCCO2)c1. The Balaban J connectivity index is 1.58. The van der Waals surface area contributed by atoms with Crippen LogP contribution in [0.3, 0.4) is 0 Å². The van der Waals surface area contributed by atoms with E-state index in [0.29, 0.717) is 18.8 Å². The predicted octanol–water partition coefficient (Wildman–Crippen LogP) is 4.43. The van der Waals surface area contributed by atoms with Crippen LogP contribution in [0.15, 0.2) is 42.5 Å². The minimum absolute atomic E-state index is 0.00248. The third-order valence-corrected chi connectivity index (χ3v) is 4.58. The standard InChI is InChI=1S/C22H27NO3/c1-16-5-3-6-18(13-16)9-11-22(24)23-20-10-8-17(2)14-21(20)26-15-19-7-4-12-25-19/h3,5-6,8,10,13-14,19H,4,7,9,11-12,15H2,1-2H3,(H,23,24). The summed E-state index contributed by atoms with van der Waals surface area (Å²) < 4.78 is 11.6. The summed E-state index contributed by atoms with van der Waals surface area (Å²) in [6, 6.07) is 14.1. The molecule has 1 heterocycles. The lowest BCUT2D eigenvalue weighted by Gasteiger charge is -2.16. The molecule has 0 spiro atoms. The molecule has 1 saturated heterocycles. The first kappa shape index (κ1) is 18.5. The Morgan fingerprint density at radius 2 is 2.04 bits per heavy atom. The maximum Gasteiger partial charge on any atom is 0.224 e. The first-order valence-electron chi connectivity index (χ1n) is 9.30. The first-order chi connectivity index (χ1) is 12.6. The maximum absolute atomic E-state index is 12.4. The van der Waals surface area contributed by atoms with Crippen LogP contribution in [0.1, 0.15) is 36.0 Å². The highest BCUT2D eigenvalue weighted by Crippen LogP contribution is 2.27. The maximum atomic E-state index is 12.4. The molecule has 2 aromatic rings. The largest absolute Gasteiger partial charge is 0.489 e. The number of anilines is 1. The average molecular weight is 353 g/mol. The summed E-state index contributed by atoms with van der Waals surface area (Å²) in [6.07, 6.45) is 3.45. The quantitative estimate of drug-likeness (QED) is 0.801. The molecule has 1 unspecified atom stereocenters. The van der Waals surface area contributed by atoms with Gasteiger partial charge in [0.25, 0.3) is 0 Å². The molecule has 0 radical (unpaired) electrons. The molecule has 4 nitrogen and oxygen atoms in total. The van der Waals surface area contributed by atoms with Crippen LogP contribution in [0.4, 0.5) is 5.69 Å². The highest BCUT2D eigenvalue weighted by molar-refractivity contribution is 5.92. The van der Waals surface area contributed by atoms with Crippen LogP contribution in [0, 0.1) is 13.8 Å². The molecule has 0 aliphatic carbocycles. The van der Waals surface area contributed by atoms with E-state index in [9.17, 15) is 4.79 Å². The lowest BCUT2D eigenvalue weighted by molar-refractivity contribution is -0.116. The zero-order valence-corrected chi connectivity index (χ0v) is 15.6. The van der Waals surface area contributed by atoms with Gasteiger partial charge in [-0.2, -0.15) is 0 Å². The number of carbonyl (C=O) groups excluding carboxylic acids is 1. The smallest absolute Gasteiger partial charge is 0.224 e. The average Bonchev–Trinajstić information content (AvgIpc) is 3.14. The van der Waals surface area contributed by atoms with Crippen molar-refractivity contribution in [2.45, 2.75) is 45.6 Å². The van der Waals surface area contributed by atoms with E-state index in [4.69, 9.17) is 9.47 Å². The van der Waals surface area contributed by atoms with Crippen LogP contribution in [0.2, 0.25) is 0 Å². The third kappa shape index (κ3) is 5.33. The van der Waals surface area contributed by atoms with Gasteiger partial charge in [0.2, 0.25) is 5.91 Å². The van der Waals surface area contributed by atoms with E-state index in [1.165, 1.54) is 11.1 Å². The number of hydrogen-bond acceptors (Lipinski definition) is 3. The Morgan fingerprint density at radius 3 is 2.81 bits per heavy atom. The van der Waals surface area contributed by atoms with Gasteiger partial charge in [0.15, 0.2) is 0 Å². The fraction of sp³-hybridized carbons (Fsp3) is 0.409. The summed E-state index contributed by atoms with van der Waals surface area (Å²) >= 11 is 0. The Kier molecular flexibility index (Phi) is 6.29. The fourth-order valence-electron chi connectivity index (χ4n) is 3.15. The van der Waals surface area contributed by atoms with Crippen molar-refractivity contribution in [1.82, 2.24) is 0 Å². The second-order valence-electron chi connectivity index (χ2n) is 6.98. The normalized spacial score (nSPS) is 16.5. The van der Waals surface area contributed by atoms with E-state index in [1.807, 2.05) is 31.2 Å². The Bertz CT molecular complexity index is 751. The Morgan fingerprint density at radius 1 is 1.19 bits per heavy atom. The van der Waals surface area contributed by atoms with Crippen molar-refractivity contribution in [2.75, 3.05) is 18.5 Å². The molecule has 1 atom stereocenters. The second kappa shape index (κ2) is 8.86. The predicted molar refractivity (Wildman–Crippen MR) is 104 cm³/mol. The van der Waals surface area contributed by atoms with Crippen LogP contribution in [-0.4, -0.2) is 25.2 Å². The zero-order chi connectivity index (χ0) is 18.4. The molecular formula is C22H27NO3. The lowest BCUT2D eigenvalue weighted by atomic mass is 10.1. The molecule has 2 aromatic carbocycles. The number of benzene rings is 2. The molecule has 1 aliphatic heterocycles. The van der Waals surface area contributed by atoms with E-state index in [-0.39, 0.29) is 12.0 Å². The lowest BCUT2D eigenvalue weighted by Crippen LogP contribution is -2.18. The van der Waals surface area contributed by atoms with E-state index < -0.39 is 0 Å². The summed E-state index contributed by atoms with van der Waals surface area (Å²) in [4.78, 5) is 12.4. The van der Waals surface area contributed by atoms with Gasteiger partial charge in [0, 0.05) is 13.0 Å². The molecule has 1 aliphatic rings. The number of rotatable bonds is 7. The molecule has 1 fully saturated rings. The summed E-state index contributed by atoms with van der Waals surface area (Å²) in [7, 11) is 0. The van der Waals surface area contributed by atoms with Crippen molar-refractivity contribution < 1.29 is 14.3 Å². The zero-order valence-electron chi connectivity index (χ0n) is 15.6. The van der Waals surface area contributed by atoms with E-state index >= 15 is 0 Å². The molecule has 138 valence electrons. The van der Waals surface area contributed by atoms with Crippen LogP contribution in [0.25, 0.3) is 0 Å². The molecule has 3 rings (SSSR count). The number of ether oxygens (including phenoxy) is 2. The van der Waals surface area contributed by atoms with Gasteiger partial charge in [0.05, 0.1) is 11.8 Å². The highest BCUT2D eigenvalue weighted by Gasteiger charge is 2.17. The summed E-state index contributed by atoms with van der Waals surface area (Å²) in [5.74, 6) is 0.710. The number of hydrogen-bond donors (Lipinski definition) is 1. The molecule has 0 bridgehead atoms. The molecule has 0 saturated carbocycles. The topological polar surface area (TPSA) is 47.6 Å². The molecule has 1 N–H and O–H groups in total. The second-order valence-corrected chi connectivity index (χ2v) is 6.98. The Labute approximate surface area is 155 Å². The van der Waals surface area contributed by atoms with Gasteiger partial charge in [-0.1, -0.05) is 35.9 Å². The summed E-state index contributed by atoms with van der Waals surface area (Å²) in [5.41, 5.74) is 4.22. The fourth-order valence-corrected chi connectivity index (χ4v) is 3.15. The van der Waals surface area contributed by atoms with Crippen LogP contribution in [0.5, 0.6) is 5.75 Å². The number of nitrogens with one attached hydrogen (secondary N) is 1. The van der Waals surface area contributed by atoms with Crippen molar-refractivity contribution in [3.8, 4) is 5.75 Å². The van der Waals surface area contributed by atoms with Gasteiger partial charge in [-0.3, -0.25) is 4.79 Å². The summed E-state index contributed by atoms with van der Waals surface area (Å²) in [6.45, 7) is 5.41. The highest BCUT2D eigenvalue weighted by atomic mass is 16.5. The minimum atomic E-state index is -0.00248. The van der Waals surface area contributed by atoms with Crippen molar-refractivity contribution in [1.29, 1.82) is 0 Å². The van der Waals surface area contributed by atoms with Gasteiger partial charge in [-0.25, -0.2) is 0 Å². The number of aryl methyl sites for hydroxylation is 3. The molecule has 0 aromatic heterocycles. The number of amides is 1. The molecule has 4 heteroatoms. The number of carbonyl (C=O) groups is 1. The van der Waals surface area contributed by atoms with Crippen LogP contribution >= 0.6 is 0 Å². The van der Waals surface area contributed by atoms with E-state index in [0.717, 1.165) is 37.1 Å². The van der Waals surface area contributed by atoms with Gasteiger partial charge in [0.1, 0.15) is 12.4 Å². The Hall–Kier alpha value is -2.33. The van der Waals surface area contributed by atoms with E-state index in [1.54, 1.807) is 0 Å². The monoisotopic (exact) mass is 353 g/mol. The van der Waals surface area contributed by atoms with Gasteiger partial charge in [-0.15, -0.1) is 0 Å². The van der Waals surface area contributed by atoms with Crippen molar-refractivity contribution in [3.63, 3.8) is 0 Å². The third-order valence-electron chi connectivity index (χ3n) is 4.58. The molecular weight excluding hydrogens is 326 g/mol.